The Balaban J connectivity index is 2.62. The Hall–Kier alpha value is -0.195. The SMILES string of the molecule is C=CC(CC(C)C)C(C)(C)[B]C(C)(C)C1CC1CCC(C)(C)C. The van der Waals surface area contributed by atoms with Crippen LogP contribution in [0.4, 0.5) is 0 Å². The van der Waals surface area contributed by atoms with E-state index in [2.05, 4.69) is 82.2 Å². The highest BCUT2D eigenvalue weighted by Crippen LogP contribution is 2.60. The van der Waals surface area contributed by atoms with Crippen LogP contribution < -0.4 is 0 Å². The molecular formula is C22H42B. The minimum Gasteiger partial charge on any atom is -0.103 e. The van der Waals surface area contributed by atoms with E-state index in [1.807, 2.05) is 0 Å². The molecule has 1 radical (unpaired) electrons. The summed E-state index contributed by atoms with van der Waals surface area (Å²) in [6.45, 7) is 25.6. The Labute approximate surface area is 148 Å². The molecule has 1 heteroatoms. The van der Waals surface area contributed by atoms with Crippen molar-refractivity contribution < 1.29 is 0 Å². The van der Waals surface area contributed by atoms with Gasteiger partial charge in [0.15, 0.2) is 0 Å². The van der Waals surface area contributed by atoms with Crippen molar-refractivity contribution in [3.8, 4) is 0 Å². The van der Waals surface area contributed by atoms with E-state index in [-0.39, 0.29) is 5.31 Å². The minimum atomic E-state index is 0.229. The second kappa shape index (κ2) is 7.36. The standard InChI is InChI=1S/C22H42B/c1-11-18(14-16(2)3)21(7,8)23-22(9,10)19-15-17(19)12-13-20(4,5)6/h11,16-19H,1,12-15H2,2-10H3. The Morgan fingerprint density at radius 3 is 2.09 bits per heavy atom. The topological polar surface area (TPSA) is 0 Å². The molecule has 1 saturated carbocycles. The molecule has 0 aromatic carbocycles. The molecule has 0 bridgehead atoms. The molecule has 0 nitrogen and oxygen atoms in total. The summed E-state index contributed by atoms with van der Waals surface area (Å²) in [7, 11) is 2.66. The van der Waals surface area contributed by atoms with Crippen LogP contribution in [-0.4, -0.2) is 7.28 Å². The summed E-state index contributed by atoms with van der Waals surface area (Å²) in [4.78, 5) is 0. The van der Waals surface area contributed by atoms with Gasteiger partial charge < -0.3 is 0 Å². The van der Waals surface area contributed by atoms with Gasteiger partial charge >= 0.3 is 0 Å². The van der Waals surface area contributed by atoms with Gasteiger partial charge in [-0.2, -0.15) is 0 Å². The summed E-state index contributed by atoms with van der Waals surface area (Å²) in [5.41, 5.74) is 0.478. The average molecular weight is 317 g/mol. The first kappa shape index (κ1) is 20.8. The molecule has 0 saturated heterocycles. The fraction of sp³-hybridized carbons (Fsp3) is 0.909. The molecular weight excluding hydrogens is 275 g/mol. The van der Waals surface area contributed by atoms with Gasteiger partial charge in [0.25, 0.3) is 0 Å². The van der Waals surface area contributed by atoms with Gasteiger partial charge in [-0.3, -0.25) is 0 Å². The van der Waals surface area contributed by atoms with Crippen LogP contribution in [0, 0.1) is 29.1 Å². The van der Waals surface area contributed by atoms with Gasteiger partial charge in [0.05, 0.1) is 0 Å². The Kier molecular flexibility index (Phi) is 6.67. The molecule has 0 amide bonds. The van der Waals surface area contributed by atoms with Crippen LogP contribution in [0.2, 0.25) is 10.6 Å². The molecule has 1 rings (SSSR count). The molecule has 0 aromatic heterocycles. The predicted octanol–water partition coefficient (Wildman–Crippen LogP) is 7.40. The van der Waals surface area contributed by atoms with E-state index < -0.39 is 0 Å². The molecule has 0 aliphatic heterocycles. The largest absolute Gasteiger partial charge is 0.126 e. The van der Waals surface area contributed by atoms with E-state index in [1.54, 1.807) is 0 Å². The molecule has 3 atom stereocenters. The number of hydrogen-bond donors (Lipinski definition) is 0. The zero-order valence-corrected chi connectivity index (χ0v) is 17.5. The molecule has 0 heterocycles. The Morgan fingerprint density at radius 2 is 1.65 bits per heavy atom. The van der Waals surface area contributed by atoms with Crippen LogP contribution in [-0.2, 0) is 0 Å². The van der Waals surface area contributed by atoms with Gasteiger partial charge in [0.2, 0.25) is 0 Å². The number of allylic oxidation sites excluding steroid dienone is 1. The van der Waals surface area contributed by atoms with Crippen molar-refractivity contribution in [1.29, 1.82) is 0 Å². The van der Waals surface area contributed by atoms with Crippen molar-refractivity contribution in [1.82, 2.24) is 0 Å². The zero-order chi connectivity index (χ0) is 18.1. The Morgan fingerprint density at radius 1 is 1.09 bits per heavy atom. The third-order valence-corrected chi connectivity index (χ3v) is 5.85. The van der Waals surface area contributed by atoms with Crippen molar-refractivity contribution in [3.05, 3.63) is 12.7 Å². The molecule has 0 N–H and O–H groups in total. The Bertz CT molecular complexity index is 383. The summed E-state index contributed by atoms with van der Waals surface area (Å²) < 4.78 is 0. The van der Waals surface area contributed by atoms with Gasteiger partial charge in [0, 0.05) is 0 Å². The second-order valence-electron chi connectivity index (χ2n) is 11.0. The molecule has 23 heavy (non-hydrogen) atoms. The lowest BCUT2D eigenvalue weighted by molar-refractivity contribution is 0.342. The van der Waals surface area contributed by atoms with Gasteiger partial charge in [-0.1, -0.05) is 79.0 Å². The third-order valence-electron chi connectivity index (χ3n) is 5.85. The summed E-state index contributed by atoms with van der Waals surface area (Å²) in [5, 5.41) is 0.566. The molecule has 0 aromatic rings. The second-order valence-corrected chi connectivity index (χ2v) is 11.0. The quantitative estimate of drug-likeness (QED) is 0.307. The van der Waals surface area contributed by atoms with E-state index in [0.717, 1.165) is 17.8 Å². The first-order valence-electron chi connectivity index (χ1n) is 9.78. The van der Waals surface area contributed by atoms with Gasteiger partial charge in [0.1, 0.15) is 7.28 Å². The van der Waals surface area contributed by atoms with Crippen molar-refractivity contribution in [2.24, 2.45) is 29.1 Å². The number of hydrogen-bond acceptors (Lipinski definition) is 0. The highest BCUT2D eigenvalue weighted by Gasteiger charge is 2.49. The fourth-order valence-corrected chi connectivity index (χ4v) is 4.48. The van der Waals surface area contributed by atoms with Crippen molar-refractivity contribution in [3.63, 3.8) is 0 Å². The smallest absolute Gasteiger partial charge is 0.103 e. The lowest BCUT2D eigenvalue weighted by Crippen LogP contribution is -2.32. The van der Waals surface area contributed by atoms with Gasteiger partial charge in [-0.15, -0.1) is 6.58 Å². The molecule has 3 unspecified atom stereocenters. The van der Waals surface area contributed by atoms with Crippen molar-refractivity contribution >= 4 is 7.28 Å². The molecule has 0 spiro atoms. The lowest BCUT2D eigenvalue weighted by atomic mass is 9.36. The zero-order valence-electron chi connectivity index (χ0n) is 17.5. The minimum absolute atomic E-state index is 0.229. The summed E-state index contributed by atoms with van der Waals surface area (Å²) in [6, 6.07) is 0. The molecule has 1 aliphatic carbocycles. The predicted molar refractivity (Wildman–Crippen MR) is 107 cm³/mol. The van der Waals surface area contributed by atoms with Gasteiger partial charge in [-0.25, -0.2) is 0 Å². The first-order chi connectivity index (χ1) is 10.3. The monoisotopic (exact) mass is 317 g/mol. The van der Waals surface area contributed by atoms with E-state index in [4.69, 9.17) is 0 Å². The van der Waals surface area contributed by atoms with Crippen LogP contribution in [0.15, 0.2) is 12.7 Å². The third kappa shape index (κ3) is 6.67. The molecule has 1 aliphatic rings. The molecule has 133 valence electrons. The summed E-state index contributed by atoms with van der Waals surface area (Å²) >= 11 is 0. The van der Waals surface area contributed by atoms with Gasteiger partial charge in [-0.05, 0) is 54.8 Å². The number of rotatable bonds is 9. The molecule has 1 fully saturated rings. The van der Waals surface area contributed by atoms with Crippen LogP contribution in [0.25, 0.3) is 0 Å². The van der Waals surface area contributed by atoms with Crippen molar-refractivity contribution in [2.45, 2.75) is 98.6 Å². The highest BCUT2D eigenvalue weighted by molar-refractivity contribution is 6.44. The van der Waals surface area contributed by atoms with E-state index in [0.29, 0.717) is 16.6 Å². The maximum atomic E-state index is 4.12. The highest BCUT2D eigenvalue weighted by atomic mass is 14.5. The lowest BCUT2D eigenvalue weighted by Gasteiger charge is -2.40. The van der Waals surface area contributed by atoms with Crippen LogP contribution in [0.1, 0.15) is 88.0 Å². The van der Waals surface area contributed by atoms with Crippen LogP contribution in [0.3, 0.4) is 0 Å². The van der Waals surface area contributed by atoms with E-state index >= 15 is 0 Å². The van der Waals surface area contributed by atoms with Crippen LogP contribution in [0.5, 0.6) is 0 Å². The maximum absolute atomic E-state index is 4.12. The first-order valence-corrected chi connectivity index (χ1v) is 9.78. The van der Waals surface area contributed by atoms with E-state index in [9.17, 15) is 0 Å². The van der Waals surface area contributed by atoms with E-state index in [1.165, 1.54) is 25.7 Å². The normalized spacial score (nSPS) is 23.7. The fourth-order valence-electron chi connectivity index (χ4n) is 4.48. The summed E-state index contributed by atoms with van der Waals surface area (Å²) in [5.74, 6) is 3.14. The maximum Gasteiger partial charge on any atom is 0.126 e. The van der Waals surface area contributed by atoms with Crippen molar-refractivity contribution in [2.75, 3.05) is 0 Å². The van der Waals surface area contributed by atoms with Crippen LogP contribution >= 0.6 is 0 Å². The average Bonchev–Trinajstić information content (AvgIpc) is 3.11. The summed E-state index contributed by atoms with van der Waals surface area (Å²) in [6.07, 6.45) is 7.62.